The van der Waals surface area contributed by atoms with Crippen LogP contribution in [-0.2, 0) is 0 Å². The number of para-hydroxylation sites is 1. The van der Waals surface area contributed by atoms with E-state index in [1.54, 1.807) is 11.9 Å². The van der Waals surface area contributed by atoms with Crippen LogP contribution in [-0.4, -0.2) is 48.2 Å². The van der Waals surface area contributed by atoms with Crippen molar-refractivity contribution in [3.8, 4) is 0 Å². The van der Waals surface area contributed by atoms with Crippen molar-refractivity contribution in [1.82, 2.24) is 10.2 Å². The zero-order chi connectivity index (χ0) is 13.4. The minimum atomic E-state index is -0.521. The molecule has 0 spiro atoms. The minimum absolute atomic E-state index is 0.127. The fraction of sp³-hybridized carbons (Fsp3) is 0.357. The molecule has 1 fully saturated rings. The number of amides is 1. The second kappa shape index (κ2) is 4.68. The van der Waals surface area contributed by atoms with Crippen LogP contribution in [0.4, 0.5) is 0 Å². The molecule has 1 aromatic heterocycles. The Morgan fingerprint density at radius 1 is 1.42 bits per heavy atom. The molecule has 100 valence electrons. The first-order chi connectivity index (χ1) is 9.18. The van der Waals surface area contributed by atoms with Gasteiger partial charge in [-0.3, -0.25) is 4.79 Å². The summed E-state index contributed by atoms with van der Waals surface area (Å²) >= 11 is 0. The van der Waals surface area contributed by atoms with Crippen molar-refractivity contribution >= 4 is 16.9 Å². The Hall–Kier alpha value is -1.85. The number of hydrogen-bond acceptors (Lipinski definition) is 4. The lowest BCUT2D eigenvalue weighted by molar-refractivity contribution is 0.0582. The van der Waals surface area contributed by atoms with Gasteiger partial charge < -0.3 is 19.7 Å². The van der Waals surface area contributed by atoms with E-state index in [4.69, 9.17) is 4.42 Å². The third-order valence-electron chi connectivity index (χ3n) is 3.68. The largest absolute Gasteiger partial charge is 0.463 e. The number of fused-ring (bicyclic) bond motifs is 1. The number of β-amino-alcohol motifs (C(OH)–C–C–N with tert-alkyl or cyclic N) is 1. The SMILES string of the molecule is CN(C(=O)c1coc2ccccc12)[C@@H]1CNC[C@H]1O. The molecule has 0 radical (unpaired) electrons. The van der Waals surface area contributed by atoms with Gasteiger partial charge in [-0.05, 0) is 6.07 Å². The van der Waals surface area contributed by atoms with Crippen molar-refractivity contribution in [2.24, 2.45) is 0 Å². The van der Waals surface area contributed by atoms with E-state index in [0.717, 1.165) is 5.39 Å². The monoisotopic (exact) mass is 260 g/mol. The normalized spacial score (nSPS) is 22.8. The van der Waals surface area contributed by atoms with Gasteiger partial charge in [-0.2, -0.15) is 0 Å². The van der Waals surface area contributed by atoms with Gasteiger partial charge in [-0.15, -0.1) is 0 Å². The van der Waals surface area contributed by atoms with Crippen LogP contribution >= 0.6 is 0 Å². The van der Waals surface area contributed by atoms with Crippen LogP contribution in [0.2, 0.25) is 0 Å². The zero-order valence-electron chi connectivity index (χ0n) is 10.7. The average Bonchev–Trinajstić information content (AvgIpc) is 3.03. The van der Waals surface area contributed by atoms with Gasteiger partial charge >= 0.3 is 0 Å². The maximum atomic E-state index is 12.5. The third-order valence-corrected chi connectivity index (χ3v) is 3.68. The standard InChI is InChI=1S/C14H16N2O3/c1-16(11-6-15-7-12(11)17)14(18)10-8-19-13-5-3-2-4-9(10)13/h2-5,8,11-12,15,17H,6-7H2,1H3/t11-,12-/m1/s1. The molecule has 5 nitrogen and oxygen atoms in total. The number of rotatable bonds is 2. The van der Waals surface area contributed by atoms with Crippen LogP contribution in [0.5, 0.6) is 0 Å². The van der Waals surface area contributed by atoms with Crippen molar-refractivity contribution in [3.05, 3.63) is 36.1 Å². The predicted molar refractivity (Wildman–Crippen MR) is 71.0 cm³/mol. The summed E-state index contributed by atoms with van der Waals surface area (Å²) in [5.41, 5.74) is 1.24. The Morgan fingerprint density at radius 2 is 2.21 bits per heavy atom. The van der Waals surface area contributed by atoms with Crippen molar-refractivity contribution in [1.29, 1.82) is 0 Å². The summed E-state index contributed by atoms with van der Waals surface area (Å²) in [4.78, 5) is 14.1. The van der Waals surface area contributed by atoms with E-state index in [0.29, 0.717) is 24.2 Å². The second-order valence-electron chi connectivity index (χ2n) is 4.85. The summed E-state index contributed by atoms with van der Waals surface area (Å²) in [6.45, 7) is 1.13. The van der Waals surface area contributed by atoms with Crippen molar-refractivity contribution in [3.63, 3.8) is 0 Å². The predicted octanol–water partition coefficient (Wildman–Crippen LogP) is 0.837. The fourth-order valence-electron chi connectivity index (χ4n) is 2.53. The van der Waals surface area contributed by atoms with E-state index in [-0.39, 0.29) is 11.9 Å². The molecule has 0 unspecified atom stereocenters. The van der Waals surface area contributed by atoms with Crippen LogP contribution < -0.4 is 5.32 Å². The molecule has 5 heteroatoms. The average molecular weight is 260 g/mol. The summed E-state index contributed by atoms with van der Waals surface area (Å²) in [6.07, 6.45) is 0.963. The fourth-order valence-corrected chi connectivity index (χ4v) is 2.53. The van der Waals surface area contributed by atoms with Crippen LogP contribution in [0.15, 0.2) is 34.9 Å². The Labute approximate surface area is 110 Å². The molecule has 1 amide bonds. The van der Waals surface area contributed by atoms with E-state index < -0.39 is 6.10 Å². The first-order valence-corrected chi connectivity index (χ1v) is 6.30. The third kappa shape index (κ3) is 2.01. The maximum absolute atomic E-state index is 12.5. The molecule has 1 aliphatic heterocycles. The minimum Gasteiger partial charge on any atom is -0.463 e. The lowest BCUT2D eigenvalue weighted by Gasteiger charge is -2.26. The molecule has 2 heterocycles. The van der Waals surface area contributed by atoms with Crippen LogP contribution in [0.1, 0.15) is 10.4 Å². The van der Waals surface area contributed by atoms with E-state index in [2.05, 4.69) is 5.32 Å². The highest BCUT2D eigenvalue weighted by Gasteiger charge is 2.32. The number of carbonyl (C=O) groups is 1. The molecular weight excluding hydrogens is 244 g/mol. The number of furan rings is 1. The Kier molecular flexibility index (Phi) is 3.00. The molecule has 1 aromatic carbocycles. The van der Waals surface area contributed by atoms with Gasteiger partial charge in [0.15, 0.2) is 0 Å². The van der Waals surface area contributed by atoms with E-state index >= 15 is 0 Å². The molecular formula is C14H16N2O3. The Balaban J connectivity index is 1.91. The van der Waals surface area contributed by atoms with Gasteiger partial charge in [-0.25, -0.2) is 0 Å². The van der Waals surface area contributed by atoms with Gasteiger partial charge in [0.05, 0.1) is 17.7 Å². The van der Waals surface area contributed by atoms with Gasteiger partial charge in [0, 0.05) is 25.5 Å². The number of aliphatic hydroxyl groups excluding tert-OH is 1. The summed E-state index contributed by atoms with van der Waals surface area (Å²) < 4.78 is 5.38. The lowest BCUT2D eigenvalue weighted by atomic mass is 10.1. The van der Waals surface area contributed by atoms with E-state index in [9.17, 15) is 9.90 Å². The molecule has 2 atom stereocenters. The second-order valence-corrected chi connectivity index (χ2v) is 4.85. The molecule has 1 aliphatic rings. The zero-order valence-corrected chi connectivity index (χ0v) is 10.7. The Bertz CT molecular complexity index is 608. The highest BCUT2D eigenvalue weighted by molar-refractivity contribution is 6.05. The van der Waals surface area contributed by atoms with Crippen LogP contribution in [0.3, 0.4) is 0 Å². The topological polar surface area (TPSA) is 65.7 Å². The molecule has 1 saturated heterocycles. The van der Waals surface area contributed by atoms with Gasteiger partial charge in [0.25, 0.3) is 5.91 Å². The van der Waals surface area contributed by atoms with Gasteiger partial charge in [-0.1, -0.05) is 18.2 Å². The number of nitrogens with one attached hydrogen (secondary N) is 1. The number of likely N-dealkylation sites (N-methyl/N-ethyl adjacent to an activating group) is 1. The quantitative estimate of drug-likeness (QED) is 0.839. The molecule has 0 aliphatic carbocycles. The first-order valence-electron chi connectivity index (χ1n) is 6.30. The van der Waals surface area contributed by atoms with Crippen LogP contribution in [0.25, 0.3) is 11.0 Å². The molecule has 0 bridgehead atoms. The highest BCUT2D eigenvalue weighted by atomic mass is 16.3. The molecule has 2 N–H and O–H groups in total. The number of benzene rings is 1. The smallest absolute Gasteiger partial charge is 0.257 e. The van der Waals surface area contributed by atoms with Crippen LogP contribution in [0, 0.1) is 0 Å². The molecule has 19 heavy (non-hydrogen) atoms. The van der Waals surface area contributed by atoms with Crippen molar-refractivity contribution in [2.45, 2.75) is 12.1 Å². The molecule has 0 saturated carbocycles. The highest BCUT2D eigenvalue weighted by Crippen LogP contribution is 2.23. The number of nitrogens with zero attached hydrogens (tertiary/aromatic N) is 1. The summed E-state index contributed by atoms with van der Waals surface area (Å²) in [5, 5.41) is 13.7. The number of carbonyl (C=O) groups excluding carboxylic acids is 1. The molecule has 2 aromatic rings. The number of hydrogen-bond donors (Lipinski definition) is 2. The maximum Gasteiger partial charge on any atom is 0.257 e. The van der Waals surface area contributed by atoms with Gasteiger partial charge in [0.2, 0.25) is 0 Å². The van der Waals surface area contributed by atoms with Crippen molar-refractivity contribution in [2.75, 3.05) is 20.1 Å². The van der Waals surface area contributed by atoms with E-state index in [1.807, 2.05) is 24.3 Å². The summed E-state index contributed by atoms with van der Waals surface area (Å²) in [7, 11) is 1.71. The Morgan fingerprint density at radius 3 is 2.95 bits per heavy atom. The lowest BCUT2D eigenvalue weighted by Crippen LogP contribution is -2.44. The molecule has 3 rings (SSSR count). The summed E-state index contributed by atoms with van der Waals surface area (Å²) in [5.74, 6) is -0.127. The summed E-state index contributed by atoms with van der Waals surface area (Å²) in [6, 6.07) is 7.25. The van der Waals surface area contributed by atoms with Gasteiger partial charge in [0.1, 0.15) is 11.8 Å². The van der Waals surface area contributed by atoms with E-state index in [1.165, 1.54) is 6.26 Å². The first kappa shape index (κ1) is 12.2. The van der Waals surface area contributed by atoms with Crippen molar-refractivity contribution < 1.29 is 14.3 Å². The number of aliphatic hydroxyl groups is 1.